The van der Waals surface area contributed by atoms with Gasteiger partial charge in [-0.1, -0.05) is 54.6 Å². The van der Waals surface area contributed by atoms with E-state index in [1.807, 2.05) is 24.3 Å². The summed E-state index contributed by atoms with van der Waals surface area (Å²) in [6.07, 6.45) is 4.65. The fraction of sp³-hybridized carbons (Fsp3) is 0.0909. The quantitative estimate of drug-likeness (QED) is 0.663. The Bertz CT molecular complexity index is 270. The molecule has 1 heteroatoms. The Morgan fingerprint density at radius 1 is 1.25 bits per heavy atom. The first-order valence-corrected chi connectivity index (χ1v) is 4.27. The maximum atomic E-state index is 5.41. The summed E-state index contributed by atoms with van der Waals surface area (Å²) in [7, 11) is 0. The number of benzene rings is 1. The maximum Gasteiger partial charge on any atom is 0.000580 e. The Labute approximate surface area is 78.2 Å². The van der Waals surface area contributed by atoms with Crippen molar-refractivity contribution in [2.45, 2.75) is 6.42 Å². The molecule has 0 aliphatic rings. The van der Waals surface area contributed by atoms with Crippen molar-refractivity contribution in [3.63, 3.8) is 0 Å². The summed E-state index contributed by atoms with van der Waals surface area (Å²) in [5.74, 6) is 0. The first-order valence-electron chi connectivity index (χ1n) is 3.83. The predicted octanol–water partition coefficient (Wildman–Crippen LogP) is 3.62. The summed E-state index contributed by atoms with van der Waals surface area (Å²) in [6, 6.07) is 8.25. The second-order valence-electron chi connectivity index (χ2n) is 2.51. The van der Waals surface area contributed by atoms with E-state index in [4.69, 9.17) is 11.6 Å². The van der Waals surface area contributed by atoms with Crippen LogP contribution in [0.1, 0.15) is 11.1 Å². The average molecular weight is 179 g/mol. The minimum absolute atomic E-state index is 0.890. The molecule has 0 unspecified atom stereocenters. The number of allylic oxidation sites excluding steroid dienone is 1. The van der Waals surface area contributed by atoms with Gasteiger partial charge in [-0.05, 0) is 17.5 Å². The lowest BCUT2D eigenvalue weighted by atomic mass is 10.1. The molecular formula is C11H11Cl. The first-order chi connectivity index (χ1) is 5.86. The highest BCUT2D eigenvalue weighted by atomic mass is 35.5. The van der Waals surface area contributed by atoms with Crippen LogP contribution in [0.3, 0.4) is 0 Å². The van der Waals surface area contributed by atoms with Crippen LogP contribution in [-0.2, 0) is 6.42 Å². The fourth-order valence-electron chi connectivity index (χ4n) is 0.970. The van der Waals surface area contributed by atoms with Gasteiger partial charge in [0.05, 0.1) is 0 Å². The molecule has 0 fully saturated rings. The normalized spacial score (nSPS) is 10.4. The molecule has 0 spiro atoms. The summed E-state index contributed by atoms with van der Waals surface area (Å²) >= 11 is 5.41. The van der Waals surface area contributed by atoms with E-state index in [1.54, 1.807) is 5.54 Å². The van der Waals surface area contributed by atoms with Crippen LogP contribution in [0.2, 0.25) is 0 Å². The first kappa shape index (κ1) is 9.08. The molecule has 1 aromatic carbocycles. The summed E-state index contributed by atoms with van der Waals surface area (Å²) in [5, 5.41) is 0. The standard InChI is InChI=1S/C11H11Cl/c1-2-10-5-7-11(8-6-10)4-3-9-12/h2-3,5-9H,1,4H2. The van der Waals surface area contributed by atoms with Crippen LogP contribution in [0.25, 0.3) is 6.08 Å². The Kier molecular flexibility index (Phi) is 3.62. The van der Waals surface area contributed by atoms with E-state index in [2.05, 4.69) is 18.7 Å². The second kappa shape index (κ2) is 4.78. The molecule has 0 atom stereocenters. The Morgan fingerprint density at radius 3 is 2.42 bits per heavy atom. The van der Waals surface area contributed by atoms with Gasteiger partial charge in [0.1, 0.15) is 0 Å². The molecule has 1 rings (SSSR count). The molecule has 0 N–H and O–H groups in total. The Hall–Kier alpha value is -1.01. The van der Waals surface area contributed by atoms with Crippen LogP contribution in [0.15, 0.2) is 42.5 Å². The summed E-state index contributed by atoms with van der Waals surface area (Å²) < 4.78 is 0. The largest absolute Gasteiger partial charge is 0.0985 e. The van der Waals surface area contributed by atoms with Crippen LogP contribution >= 0.6 is 11.6 Å². The second-order valence-corrected chi connectivity index (χ2v) is 2.76. The lowest BCUT2D eigenvalue weighted by Crippen LogP contribution is -1.79. The van der Waals surface area contributed by atoms with Crippen molar-refractivity contribution in [3.05, 3.63) is 53.6 Å². The van der Waals surface area contributed by atoms with Crippen LogP contribution < -0.4 is 0 Å². The lowest BCUT2D eigenvalue weighted by molar-refractivity contribution is 1.27. The van der Waals surface area contributed by atoms with Crippen LogP contribution in [-0.4, -0.2) is 0 Å². The van der Waals surface area contributed by atoms with E-state index in [1.165, 1.54) is 5.56 Å². The van der Waals surface area contributed by atoms with Gasteiger partial charge >= 0.3 is 0 Å². The third kappa shape index (κ3) is 2.55. The smallest absolute Gasteiger partial charge is 0.000580 e. The minimum Gasteiger partial charge on any atom is -0.0985 e. The van der Waals surface area contributed by atoms with Gasteiger partial charge in [-0.3, -0.25) is 0 Å². The zero-order valence-electron chi connectivity index (χ0n) is 6.83. The monoisotopic (exact) mass is 178 g/mol. The summed E-state index contributed by atoms with van der Waals surface area (Å²) in [5.41, 5.74) is 3.95. The third-order valence-corrected chi connectivity index (χ3v) is 1.84. The van der Waals surface area contributed by atoms with Crippen molar-refractivity contribution in [2.24, 2.45) is 0 Å². The Balaban J connectivity index is 2.70. The van der Waals surface area contributed by atoms with Crippen LogP contribution in [0.4, 0.5) is 0 Å². The zero-order chi connectivity index (χ0) is 8.81. The molecule has 0 amide bonds. The van der Waals surface area contributed by atoms with E-state index in [0.29, 0.717) is 0 Å². The average Bonchev–Trinajstić information content (AvgIpc) is 2.15. The molecule has 0 nitrogen and oxygen atoms in total. The van der Waals surface area contributed by atoms with E-state index in [-0.39, 0.29) is 0 Å². The number of rotatable bonds is 3. The highest BCUT2D eigenvalue weighted by Crippen LogP contribution is 2.06. The summed E-state index contributed by atoms with van der Waals surface area (Å²) in [4.78, 5) is 0. The fourth-order valence-corrected chi connectivity index (χ4v) is 1.06. The molecule has 0 radical (unpaired) electrons. The van der Waals surface area contributed by atoms with Crippen molar-refractivity contribution in [1.82, 2.24) is 0 Å². The van der Waals surface area contributed by atoms with E-state index < -0.39 is 0 Å². The Morgan fingerprint density at radius 2 is 1.92 bits per heavy atom. The lowest BCUT2D eigenvalue weighted by Gasteiger charge is -1.96. The number of halogens is 1. The molecule has 12 heavy (non-hydrogen) atoms. The van der Waals surface area contributed by atoms with E-state index in [0.717, 1.165) is 12.0 Å². The molecule has 0 aromatic heterocycles. The topological polar surface area (TPSA) is 0 Å². The highest BCUT2D eigenvalue weighted by molar-refractivity contribution is 6.25. The molecule has 62 valence electrons. The molecule has 0 saturated carbocycles. The summed E-state index contributed by atoms with van der Waals surface area (Å²) in [6.45, 7) is 3.69. The van der Waals surface area contributed by atoms with Gasteiger partial charge in [-0.25, -0.2) is 0 Å². The van der Waals surface area contributed by atoms with Gasteiger partial charge in [-0.15, -0.1) is 0 Å². The molecular weight excluding hydrogens is 168 g/mol. The van der Waals surface area contributed by atoms with Crippen molar-refractivity contribution in [1.29, 1.82) is 0 Å². The zero-order valence-corrected chi connectivity index (χ0v) is 7.59. The predicted molar refractivity (Wildman–Crippen MR) is 55.2 cm³/mol. The molecule has 0 saturated heterocycles. The number of hydrogen-bond donors (Lipinski definition) is 0. The maximum absolute atomic E-state index is 5.41. The molecule has 0 bridgehead atoms. The minimum atomic E-state index is 0.890. The van der Waals surface area contributed by atoms with Crippen molar-refractivity contribution >= 4 is 17.7 Å². The third-order valence-electron chi connectivity index (χ3n) is 1.66. The van der Waals surface area contributed by atoms with Gasteiger partial charge in [0.25, 0.3) is 0 Å². The molecule has 0 aliphatic carbocycles. The molecule has 1 aromatic rings. The van der Waals surface area contributed by atoms with Gasteiger partial charge in [0, 0.05) is 5.54 Å². The molecule has 0 heterocycles. The van der Waals surface area contributed by atoms with Gasteiger partial charge in [0.15, 0.2) is 0 Å². The van der Waals surface area contributed by atoms with Gasteiger partial charge in [-0.2, -0.15) is 0 Å². The van der Waals surface area contributed by atoms with E-state index >= 15 is 0 Å². The van der Waals surface area contributed by atoms with E-state index in [9.17, 15) is 0 Å². The van der Waals surface area contributed by atoms with Crippen molar-refractivity contribution < 1.29 is 0 Å². The van der Waals surface area contributed by atoms with Gasteiger partial charge in [0.2, 0.25) is 0 Å². The van der Waals surface area contributed by atoms with Crippen LogP contribution in [0, 0.1) is 0 Å². The van der Waals surface area contributed by atoms with Crippen LogP contribution in [0.5, 0.6) is 0 Å². The molecule has 0 aliphatic heterocycles. The highest BCUT2D eigenvalue weighted by Gasteiger charge is 1.88. The SMILES string of the molecule is C=Cc1ccc(CC=CCl)cc1. The van der Waals surface area contributed by atoms with Crippen molar-refractivity contribution in [3.8, 4) is 0 Å². The number of hydrogen-bond acceptors (Lipinski definition) is 0. The van der Waals surface area contributed by atoms with Crippen molar-refractivity contribution in [2.75, 3.05) is 0 Å². The van der Waals surface area contributed by atoms with Gasteiger partial charge < -0.3 is 0 Å².